The number of likely N-dealkylation sites (tertiary alicyclic amines) is 1. The predicted octanol–water partition coefficient (Wildman–Crippen LogP) is 6.29. The van der Waals surface area contributed by atoms with Crippen molar-refractivity contribution in [3.05, 3.63) is 124 Å². The molecule has 0 radical (unpaired) electrons. The van der Waals surface area contributed by atoms with Gasteiger partial charge in [-0.1, -0.05) is 72.3 Å². The molecule has 2 N–H and O–H groups in total. The molecule has 1 aliphatic rings. The highest BCUT2D eigenvalue weighted by Crippen LogP contribution is 2.36. The minimum atomic E-state index is -4.59. The quantitative estimate of drug-likeness (QED) is 0.174. The molecule has 12 heteroatoms. The Hall–Kier alpha value is -4.45. The number of alkyl halides is 3. The highest BCUT2D eigenvalue weighted by atomic mass is 35.5. The molecule has 1 fully saturated rings. The van der Waals surface area contributed by atoms with Gasteiger partial charge in [0, 0.05) is 25.3 Å². The Morgan fingerprint density at radius 1 is 0.979 bits per heavy atom. The number of rotatable bonds is 13. The van der Waals surface area contributed by atoms with E-state index in [1.165, 1.54) is 23.9 Å². The van der Waals surface area contributed by atoms with Crippen molar-refractivity contribution in [3.63, 3.8) is 0 Å². The van der Waals surface area contributed by atoms with Crippen molar-refractivity contribution >= 4 is 23.4 Å². The van der Waals surface area contributed by atoms with Gasteiger partial charge in [0.1, 0.15) is 17.4 Å². The second-order valence-corrected chi connectivity index (χ2v) is 11.5. The summed E-state index contributed by atoms with van der Waals surface area (Å²) in [5, 5.41) is 5.98. The summed E-state index contributed by atoms with van der Waals surface area (Å²) in [7, 11) is 0. The number of hydrogen-bond donors (Lipinski definition) is 2. The van der Waals surface area contributed by atoms with Gasteiger partial charge in [0.05, 0.1) is 23.8 Å². The van der Waals surface area contributed by atoms with Crippen LogP contribution in [0.5, 0.6) is 11.6 Å². The minimum absolute atomic E-state index is 0.0359. The van der Waals surface area contributed by atoms with Crippen LogP contribution in [-0.4, -0.2) is 60.0 Å². The SMILES string of the molecule is O=C(N[C@H](COCc1ccccc1)C(=O)N1CC[C@@H](NCCc2ccccc2)C1)c1cccnc1Oc1ccc(C(F)(F)F)cc1Cl. The Kier molecular flexibility index (Phi) is 11.5. The zero-order valence-electron chi connectivity index (χ0n) is 25.4. The smallest absolute Gasteiger partial charge is 0.416 e. The molecule has 0 aliphatic carbocycles. The van der Waals surface area contributed by atoms with Crippen LogP contribution in [0.3, 0.4) is 0 Å². The number of pyridine rings is 1. The normalized spacial score (nSPS) is 15.3. The number of nitrogens with zero attached hydrogens (tertiary/aromatic N) is 2. The third kappa shape index (κ3) is 9.54. The van der Waals surface area contributed by atoms with Crippen molar-refractivity contribution < 1.29 is 32.2 Å². The third-order valence-electron chi connectivity index (χ3n) is 7.67. The van der Waals surface area contributed by atoms with Crippen molar-refractivity contribution in [2.75, 3.05) is 26.2 Å². The maximum absolute atomic E-state index is 13.8. The highest BCUT2D eigenvalue weighted by Gasteiger charge is 2.33. The second-order valence-electron chi connectivity index (χ2n) is 11.1. The Balaban J connectivity index is 1.26. The molecular formula is C35H34ClF3N4O4. The van der Waals surface area contributed by atoms with Gasteiger partial charge in [-0.15, -0.1) is 0 Å². The third-order valence-corrected chi connectivity index (χ3v) is 7.97. The van der Waals surface area contributed by atoms with Gasteiger partial charge in [-0.2, -0.15) is 13.2 Å². The van der Waals surface area contributed by atoms with Crippen LogP contribution >= 0.6 is 11.6 Å². The zero-order valence-corrected chi connectivity index (χ0v) is 26.1. The Labute approximate surface area is 275 Å². The van der Waals surface area contributed by atoms with Crippen molar-refractivity contribution in [2.24, 2.45) is 0 Å². The van der Waals surface area contributed by atoms with E-state index in [-0.39, 0.29) is 47.4 Å². The zero-order chi connectivity index (χ0) is 33.2. The summed E-state index contributed by atoms with van der Waals surface area (Å²) < 4.78 is 50.9. The maximum Gasteiger partial charge on any atom is 0.416 e. The van der Waals surface area contributed by atoms with E-state index in [1.54, 1.807) is 4.90 Å². The summed E-state index contributed by atoms with van der Waals surface area (Å²) in [6, 6.07) is 24.2. The number of halogens is 4. The van der Waals surface area contributed by atoms with Gasteiger partial charge in [0.2, 0.25) is 11.8 Å². The predicted molar refractivity (Wildman–Crippen MR) is 171 cm³/mol. The molecule has 1 saturated heterocycles. The van der Waals surface area contributed by atoms with E-state index in [9.17, 15) is 22.8 Å². The molecule has 5 rings (SSSR count). The fourth-order valence-corrected chi connectivity index (χ4v) is 5.42. The minimum Gasteiger partial charge on any atom is -0.437 e. The molecule has 0 bridgehead atoms. The number of benzene rings is 3. The maximum atomic E-state index is 13.8. The van der Waals surface area contributed by atoms with E-state index in [0.29, 0.717) is 13.1 Å². The van der Waals surface area contributed by atoms with Gasteiger partial charge < -0.3 is 25.0 Å². The molecule has 8 nitrogen and oxygen atoms in total. The largest absolute Gasteiger partial charge is 0.437 e. The molecule has 0 saturated carbocycles. The van der Waals surface area contributed by atoms with Crippen LogP contribution in [0, 0.1) is 0 Å². The van der Waals surface area contributed by atoms with Gasteiger partial charge in [-0.3, -0.25) is 9.59 Å². The highest BCUT2D eigenvalue weighted by molar-refractivity contribution is 6.32. The van der Waals surface area contributed by atoms with Crippen molar-refractivity contribution in [1.29, 1.82) is 0 Å². The van der Waals surface area contributed by atoms with Crippen LogP contribution in [0.4, 0.5) is 13.2 Å². The fourth-order valence-electron chi connectivity index (χ4n) is 5.20. The lowest BCUT2D eigenvalue weighted by atomic mass is 10.1. The number of carbonyl (C=O) groups is 2. The molecule has 1 aliphatic heterocycles. The number of amides is 2. The van der Waals surface area contributed by atoms with Gasteiger partial charge in [0.15, 0.2) is 0 Å². The summed E-state index contributed by atoms with van der Waals surface area (Å²) in [4.78, 5) is 33.2. The average molecular weight is 667 g/mol. The molecular weight excluding hydrogens is 633 g/mol. The molecule has 0 unspecified atom stereocenters. The molecule has 246 valence electrons. The molecule has 2 heterocycles. The first kappa shape index (κ1) is 33.9. The van der Waals surface area contributed by atoms with Crippen LogP contribution in [0.15, 0.2) is 97.2 Å². The lowest BCUT2D eigenvalue weighted by Crippen LogP contribution is -2.51. The van der Waals surface area contributed by atoms with Crippen molar-refractivity contribution in [3.8, 4) is 11.6 Å². The van der Waals surface area contributed by atoms with Gasteiger partial charge in [-0.05, 0) is 60.8 Å². The van der Waals surface area contributed by atoms with Crippen LogP contribution in [0.1, 0.15) is 33.5 Å². The Bertz CT molecular complexity index is 1640. The number of carbonyl (C=O) groups excluding carboxylic acids is 2. The summed E-state index contributed by atoms with van der Waals surface area (Å²) in [6.45, 7) is 1.90. The van der Waals surface area contributed by atoms with Gasteiger partial charge in [0.25, 0.3) is 5.91 Å². The van der Waals surface area contributed by atoms with Crippen LogP contribution in [-0.2, 0) is 28.7 Å². The summed E-state index contributed by atoms with van der Waals surface area (Å²) in [5.41, 5.74) is 1.15. The first-order valence-corrected chi connectivity index (χ1v) is 15.5. The number of hydrogen-bond acceptors (Lipinski definition) is 6. The molecule has 1 aromatic heterocycles. The summed E-state index contributed by atoms with van der Waals surface area (Å²) >= 11 is 6.07. The fraction of sp³-hybridized carbons (Fsp3) is 0.286. The van der Waals surface area contributed by atoms with E-state index in [4.69, 9.17) is 21.1 Å². The average Bonchev–Trinajstić information content (AvgIpc) is 3.54. The standard InChI is InChI=1S/C35H34ClF3N4O4/c36-29-20-26(35(37,38)39)13-14-31(29)47-33-28(12-7-17-41-33)32(44)42-30(23-46-22-25-10-5-2-6-11-25)34(45)43-19-16-27(21-43)40-18-15-24-8-3-1-4-9-24/h1-14,17,20,27,30,40H,15-16,18-19,21-23H2,(H,42,44)/t27-,30-/m1/s1. The monoisotopic (exact) mass is 666 g/mol. The molecule has 2 amide bonds. The van der Waals surface area contributed by atoms with Crippen molar-refractivity contribution in [2.45, 2.75) is 37.7 Å². The van der Waals surface area contributed by atoms with E-state index < -0.39 is 23.7 Å². The van der Waals surface area contributed by atoms with E-state index >= 15 is 0 Å². The topological polar surface area (TPSA) is 92.8 Å². The Morgan fingerprint density at radius 2 is 1.70 bits per heavy atom. The molecule has 47 heavy (non-hydrogen) atoms. The summed E-state index contributed by atoms with van der Waals surface area (Å²) in [6.07, 6.45) is -1.59. The lowest BCUT2D eigenvalue weighted by Gasteiger charge is -2.25. The lowest BCUT2D eigenvalue weighted by molar-refractivity contribution is -0.137. The van der Waals surface area contributed by atoms with Gasteiger partial charge in [-0.25, -0.2) is 4.98 Å². The molecule has 0 spiro atoms. The molecule has 3 aromatic carbocycles. The first-order chi connectivity index (χ1) is 22.7. The van der Waals surface area contributed by atoms with E-state index in [0.717, 1.165) is 43.1 Å². The van der Waals surface area contributed by atoms with Crippen molar-refractivity contribution in [1.82, 2.24) is 20.5 Å². The van der Waals surface area contributed by atoms with Gasteiger partial charge >= 0.3 is 6.18 Å². The van der Waals surface area contributed by atoms with E-state index in [1.807, 2.05) is 48.5 Å². The number of nitrogens with one attached hydrogen (secondary N) is 2. The number of aromatic nitrogens is 1. The van der Waals surface area contributed by atoms with Crippen LogP contribution in [0.25, 0.3) is 0 Å². The van der Waals surface area contributed by atoms with E-state index in [2.05, 4.69) is 27.8 Å². The number of ether oxygens (including phenoxy) is 2. The van der Waals surface area contributed by atoms with Crippen LogP contribution in [0.2, 0.25) is 5.02 Å². The second kappa shape index (κ2) is 15.9. The Morgan fingerprint density at radius 3 is 2.40 bits per heavy atom. The molecule has 4 aromatic rings. The first-order valence-electron chi connectivity index (χ1n) is 15.2. The molecule has 2 atom stereocenters. The van der Waals surface area contributed by atoms with Crippen LogP contribution < -0.4 is 15.4 Å². The summed E-state index contributed by atoms with van der Waals surface area (Å²) in [5.74, 6) is -1.27.